The summed E-state index contributed by atoms with van der Waals surface area (Å²) < 4.78 is 11.1. The zero-order valence-corrected chi connectivity index (χ0v) is 13.2. The van der Waals surface area contributed by atoms with E-state index in [0.717, 1.165) is 22.8 Å². The molecule has 0 saturated carbocycles. The van der Waals surface area contributed by atoms with Gasteiger partial charge in [0.25, 0.3) is 5.91 Å². The fourth-order valence-electron chi connectivity index (χ4n) is 2.39. The maximum atomic E-state index is 12.5. The van der Waals surface area contributed by atoms with Gasteiger partial charge in [-0.05, 0) is 43.3 Å². The summed E-state index contributed by atoms with van der Waals surface area (Å²) in [6.45, 7) is 2.56. The molecule has 0 bridgehead atoms. The Morgan fingerprint density at radius 1 is 1.32 bits per heavy atom. The Kier molecular flexibility index (Phi) is 3.94. The zero-order valence-electron chi connectivity index (χ0n) is 12.4. The average molecular weight is 318 g/mol. The number of carbonyl (C=O) groups excluding carboxylic acids is 1. The van der Waals surface area contributed by atoms with E-state index in [1.165, 1.54) is 0 Å². The number of likely N-dealkylation sites (N-methyl/N-ethyl adjacent to an activating group) is 1. The Bertz CT molecular complexity index is 748. The van der Waals surface area contributed by atoms with Gasteiger partial charge in [-0.2, -0.15) is 0 Å². The summed E-state index contributed by atoms with van der Waals surface area (Å²) >= 11 is 5.98. The number of carbonyl (C=O) groups is 1. The maximum Gasteiger partial charge on any atom is 0.253 e. The number of fused-ring (bicyclic) bond motifs is 1. The Morgan fingerprint density at radius 3 is 2.86 bits per heavy atom. The van der Waals surface area contributed by atoms with Gasteiger partial charge >= 0.3 is 0 Å². The molecule has 2 heterocycles. The second kappa shape index (κ2) is 5.89. The van der Waals surface area contributed by atoms with E-state index >= 15 is 0 Å². The summed E-state index contributed by atoms with van der Waals surface area (Å²) in [5.74, 6) is 2.25. The van der Waals surface area contributed by atoms with Crippen LogP contribution in [0.1, 0.15) is 17.1 Å². The SMILES string of the molecule is Cc1ccc(CN(C)C(=O)C2=Cc3cc(Cl)ccc3OC2)o1. The monoisotopic (exact) mass is 317 g/mol. The van der Waals surface area contributed by atoms with Crippen LogP contribution in [0.15, 0.2) is 40.3 Å². The fourth-order valence-corrected chi connectivity index (χ4v) is 2.57. The Hall–Kier alpha value is -2.20. The van der Waals surface area contributed by atoms with Gasteiger partial charge in [0.1, 0.15) is 23.9 Å². The van der Waals surface area contributed by atoms with E-state index in [4.69, 9.17) is 20.8 Å². The van der Waals surface area contributed by atoms with E-state index < -0.39 is 0 Å². The highest BCUT2D eigenvalue weighted by Gasteiger charge is 2.21. The maximum absolute atomic E-state index is 12.5. The number of aryl methyl sites for hydroxylation is 1. The molecule has 0 radical (unpaired) electrons. The van der Waals surface area contributed by atoms with Crippen LogP contribution < -0.4 is 4.74 Å². The second-order valence-corrected chi connectivity index (χ2v) is 5.75. The van der Waals surface area contributed by atoms with Crippen molar-refractivity contribution in [2.75, 3.05) is 13.7 Å². The molecule has 0 saturated heterocycles. The first-order valence-corrected chi connectivity index (χ1v) is 7.34. The first-order chi connectivity index (χ1) is 10.5. The molecule has 0 unspecified atom stereocenters. The molecular formula is C17H16ClNO3. The van der Waals surface area contributed by atoms with Crippen molar-refractivity contribution in [1.82, 2.24) is 4.90 Å². The normalized spacial score (nSPS) is 13.1. The Morgan fingerprint density at radius 2 is 2.14 bits per heavy atom. The van der Waals surface area contributed by atoms with Crippen LogP contribution in [0.3, 0.4) is 0 Å². The van der Waals surface area contributed by atoms with E-state index in [0.29, 0.717) is 17.1 Å². The lowest BCUT2D eigenvalue weighted by atomic mass is 10.1. The van der Waals surface area contributed by atoms with Crippen LogP contribution in [-0.4, -0.2) is 24.5 Å². The highest BCUT2D eigenvalue weighted by Crippen LogP contribution is 2.29. The van der Waals surface area contributed by atoms with Gasteiger partial charge in [0.05, 0.1) is 12.1 Å². The topological polar surface area (TPSA) is 42.7 Å². The van der Waals surface area contributed by atoms with Gasteiger partial charge in [-0.25, -0.2) is 0 Å². The summed E-state index contributed by atoms with van der Waals surface area (Å²) in [6, 6.07) is 9.13. The number of nitrogens with zero attached hydrogens (tertiary/aromatic N) is 1. The van der Waals surface area contributed by atoms with Crippen LogP contribution in [0.25, 0.3) is 6.08 Å². The number of amides is 1. The first kappa shape index (κ1) is 14.7. The van der Waals surface area contributed by atoms with Crippen molar-refractivity contribution in [1.29, 1.82) is 0 Å². The molecule has 1 aromatic heterocycles. The highest BCUT2D eigenvalue weighted by atomic mass is 35.5. The minimum atomic E-state index is -0.0836. The molecule has 1 aromatic carbocycles. The van der Waals surface area contributed by atoms with E-state index in [9.17, 15) is 4.79 Å². The molecule has 0 spiro atoms. The van der Waals surface area contributed by atoms with Crippen LogP contribution in [0.5, 0.6) is 5.75 Å². The molecule has 0 fully saturated rings. The number of ether oxygens (including phenoxy) is 1. The third-order valence-corrected chi connectivity index (χ3v) is 3.73. The van der Waals surface area contributed by atoms with Gasteiger partial charge < -0.3 is 14.1 Å². The van der Waals surface area contributed by atoms with Crippen LogP contribution in [0.4, 0.5) is 0 Å². The van der Waals surface area contributed by atoms with Crippen molar-refractivity contribution in [2.24, 2.45) is 0 Å². The molecule has 5 heteroatoms. The van der Waals surface area contributed by atoms with E-state index in [1.54, 1.807) is 24.1 Å². The summed E-state index contributed by atoms with van der Waals surface area (Å²) in [7, 11) is 1.74. The molecule has 0 N–H and O–H groups in total. The van der Waals surface area contributed by atoms with Crippen LogP contribution in [-0.2, 0) is 11.3 Å². The summed E-state index contributed by atoms with van der Waals surface area (Å²) in [6.07, 6.45) is 1.83. The molecule has 0 aliphatic carbocycles. The number of benzene rings is 1. The lowest BCUT2D eigenvalue weighted by Gasteiger charge is -2.22. The molecule has 2 aromatic rings. The van der Waals surface area contributed by atoms with Gasteiger partial charge in [0.15, 0.2) is 0 Å². The molecule has 114 valence electrons. The average Bonchev–Trinajstić information content (AvgIpc) is 2.90. The van der Waals surface area contributed by atoms with Gasteiger partial charge in [-0.3, -0.25) is 4.79 Å². The van der Waals surface area contributed by atoms with Gasteiger partial charge in [-0.15, -0.1) is 0 Å². The molecule has 22 heavy (non-hydrogen) atoms. The van der Waals surface area contributed by atoms with E-state index in [1.807, 2.05) is 31.2 Å². The summed E-state index contributed by atoms with van der Waals surface area (Å²) in [5, 5.41) is 0.617. The molecule has 4 nitrogen and oxygen atoms in total. The number of furan rings is 1. The van der Waals surface area contributed by atoms with Crippen molar-refractivity contribution in [2.45, 2.75) is 13.5 Å². The number of halogens is 1. The molecule has 3 rings (SSSR count). The van der Waals surface area contributed by atoms with Crippen molar-refractivity contribution in [3.63, 3.8) is 0 Å². The van der Waals surface area contributed by atoms with Crippen LogP contribution in [0, 0.1) is 6.92 Å². The van der Waals surface area contributed by atoms with Gasteiger partial charge in [0, 0.05) is 17.6 Å². The van der Waals surface area contributed by atoms with Gasteiger partial charge in [0.2, 0.25) is 0 Å². The lowest BCUT2D eigenvalue weighted by Crippen LogP contribution is -2.30. The fraction of sp³-hybridized carbons (Fsp3) is 0.235. The van der Waals surface area contributed by atoms with Crippen molar-refractivity contribution < 1.29 is 13.9 Å². The number of rotatable bonds is 3. The van der Waals surface area contributed by atoms with Crippen LogP contribution in [0.2, 0.25) is 5.02 Å². The second-order valence-electron chi connectivity index (χ2n) is 5.31. The van der Waals surface area contributed by atoms with E-state index in [-0.39, 0.29) is 12.5 Å². The van der Waals surface area contributed by atoms with Crippen LogP contribution >= 0.6 is 11.6 Å². The largest absolute Gasteiger partial charge is 0.488 e. The minimum Gasteiger partial charge on any atom is -0.488 e. The molecule has 1 amide bonds. The molecule has 0 atom stereocenters. The molecule has 1 aliphatic heterocycles. The molecular weight excluding hydrogens is 302 g/mol. The standard InChI is InChI=1S/C17H16ClNO3/c1-11-3-5-15(22-11)9-19(2)17(20)13-7-12-8-14(18)4-6-16(12)21-10-13/h3-8H,9-10H2,1-2H3. The lowest BCUT2D eigenvalue weighted by molar-refractivity contribution is -0.126. The number of hydrogen-bond donors (Lipinski definition) is 0. The summed E-state index contributed by atoms with van der Waals surface area (Å²) in [4.78, 5) is 14.1. The van der Waals surface area contributed by atoms with Crippen molar-refractivity contribution in [3.8, 4) is 5.75 Å². The third-order valence-electron chi connectivity index (χ3n) is 3.50. The van der Waals surface area contributed by atoms with Crippen molar-refractivity contribution in [3.05, 3.63) is 58.0 Å². The quantitative estimate of drug-likeness (QED) is 0.867. The highest BCUT2D eigenvalue weighted by molar-refractivity contribution is 6.30. The Balaban J connectivity index is 1.77. The zero-order chi connectivity index (χ0) is 15.7. The van der Waals surface area contributed by atoms with Crippen molar-refractivity contribution >= 4 is 23.6 Å². The predicted molar refractivity (Wildman–Crippen MR) is 84.8 cm³/mol. The predicted octanol–water partition coefficient (Wildman–Crippen LogP) is 3.68. The van der Waals surface area contributed by atoms with E-state index in [2.05, 4.69) is 0 Å². The summed E-state index contributed by atoms with van der Waals surface area (Å²) in [5.41, 5.74) is 1.42. The smallest absolute Gasteiger partial charge is 0.253 e. The first-order valence-electron chi connectivity index (χ1n) is 6.96. The number of hydrogen-bond acceptors (Lipinski definition) is 3. The van der Waals surface area contributed by atoms with Gasteiger partial charge in [-0.1, -0.05) is 11.6 Å². The third kappa shape index (κ3) is 3.02. The minimum absolute atomic E-state index is 0.0836. The molecule has 1 aliphatic rings. The Labute approximate surface area is 133 Å².